The number of aryl methyl sites for hydroxylation is 1. The van der Waals surface area contributed by atoms with Crippen LogP contribution < -0.4 is 10.1 Å². The molecule has 0 radical (unpaired) electrons. The number of nitrogens with one attached hydrogen (secondary N) is 1. The SMILES string of the molecule is Cl.Cn1cc(-c2cc3nccnc3c(OC[C@@H]3CNCCO3)n2)cn1. The predicted octanol–water partition coefficient (Wildman–Crippen LogP) is 1.21. The molecule has 1 saturated heterocycles. The Bertz CT molecular complexity index is 850. The van der Waals surface area contributed by atoms with Crippen LogP contribution in [0.15, 0.2) is 30.9 Å². The van der Waals surface area contributed by atoms with Gasteiger partial charge in [0.15, 0.2) is 5.52 Å². The van der Waals surface area contributed by atoms with Crippen molar-refractivity contribution in [2.24, 2.45) is 7.05 Å². The number of halogens is 1. The van der Waals surface area contributed by atoms with Crippen molar-refractivity contribution in [3.63, 3.8) is 0 Å². The molecule has 4 rings (SSSR count). The molecule has 25 heavy (non-hydrogen) atoms. The van der Waals surface area contributed by atoms with E-state index in [0.717, 1.165) is 29.9 Å². The van der Waals surface area contributed by atoms with Crippen molar-refractivity contribution in [2.75, 3.05) is 26.3 Å². The summed E-state index contributed by atoms with van der Waals surface area (Å²) in [5, 5.41) is 7.48. The Labute approximate surface area is 151 Å². The molecule has 0 bridgehead atoms. The molecule has 0 spiro atoms. The van der Waals surface area contributed by atoms with Crippen molar-refractivity contribution >= 4 is 23.4 Å². The van der Waals surface area contributed by atoms with Crippen LogP contribution in [-0.2, 0) is 11.8 Å². The number of ether oxygens (including phenoxy) is 2. The first-order valence-electron chi connectivity index (χ1n) is 7.85. The van der Waals surface area contributed by atoms with Gasteiger partial charge in [-0.25, -0.2) is 9.97 Å². The first-order valence-corrected chi connectivity index (χ1v) is 7.85. The van der Waals surface area contributed by atoms with Crippen LogP contribution in [0.4, 0.5) is 0 Å². The lowest BCUT2D eigenvalue weighted by Crippen LogP contribution is -2.41. The van der Waals surface area contributed by atoms with Gasteiger partial charge in [-0.05, 0) is 6.07 Å². The Morgan fingerprint density at radius 2 is 2.24 bits per heavy atom. The molecule has 1 N–H and O–H groups in total. The Morgan fingerprint density at radius 1 is 1.36 bits per heavy atom. The van der Waals surface area contributed by atoms with Gasteiger partial charge in [0.2, 0.25) is 5.88 Å². The number of pyridine rings is 1. The fraction of sp³-hybridized carbons (Fsp3) is 0.375. The predicted molar refractivity (Wildman–Crippen MR) is 94.9 cm³/mol. The summed E-state index contributed by atoms with van der Waals surface area (Å²) in [6, 6.07) is 1.89. The number of nitrogens with zero attached hydrogens (tertiary/aromatic N) is 5. The molecule has 9 heteroatoms. The van der Waals surface area contributed by atoms with Crippen LogP contribution in [0.5, 0.6) is 5.88 Å². The van der Waals surface area contributed by atoms with Gasteiger partial charge in [-0.2, -0.15) is 5.10 Å². The van der Waals surface area contributed by atoms with Gasteiger partial charge < -0.3 is 14.8 Å². The summed E-state index contributed by atoms with van der Waals surface area (Å²) in [5.74, 6) is 0.466. The normalized spacial score (nSPS) is 17.2. The standard InChI is InChI=1S/C16H18N6O2.ClH/c1-22-9-11(7-20-22)13-6-14-15(19-3-2-18-14)16(21-13)24-10-12-8-17-4-5-23-12;/h2-3,6-7,9,12,17H,4-5,8,10H2,1H3;1H/t12-;/m0./s1. The van der Waals surface area contributed by atoms with Gasteiger partial charge in [-0.15, -0.1) is 12.4 Å². The van der Waals surface area contributed by atoms with Crippen molar-refractivity contribution in [3.8, 4) is 17.1 Å². The van der Waals surface area contributed by atoms with E-state index < -0.39 is 0 Å². The number of aromatic nitrogens is 5. The maximum absolute atomic E-state index is 5.92. The van der Waals surface area contributed by atoms with E-state index in [4.69, 9.17) is 9.47 Å². The van der Waals surface area contributed by atoms with Crippen molar-refractivity contribution < 1.29 is 9.47 Å². The smallest absolute Gasteiger partial charge is 0.242 e. The maximum atomic E-state index is 5.92. The molecule has 0 aliphatic carbocycles. The average molecular weight is 363 g/mol. The lowest BCUT2D eigenvalue weighted by Gasteiger charge is -2.23. The molecule has 4 heterocycles. The summed E-state index contributed by atoms with van der Waals surface area (Å²) in [4.78, 5) is 13.3. The largest absolute Gasteiger partial charge is 0.473 e. The monoisotopic (exact) mass is 362 g/mol. The number of hydrogen-bond donors (Lipinski definition) is 1. The summed E-state index contributed by atoms with van der Waals surface area (Å²) >= 11 is 0. The van der Waals surface area contributed by atoms with Crippen LogP contribution in [-0.4, -0.2) is 57.1 Å². The second-order valence-electron chi connectivity index (χ2n) is 5.65. The second kappa shape index (κ2) is 7.73. The zero-order valence-corrected chi connectivity index (χ0v) is 14.6. The molecule has 0 saturated carbocycles. The maximum Gasteiger partial charge on any atom is 0.242 e. The quantitative estimate of drug-likeness (QED) is 0.746. The summed E-state index contributed by atoms with van der Waals surface area (Å²) in [6.07, 6.45) is 6.98. The molecule has 1 atom stereocenters. The van der Waals surface area contributed by atoms with Crippen molar-refractivity contribution in [2.45, 2.75) is 6.10 Å². The molecular formula is C16H19ClN6O2. The lowest BCUT2D eigenvalue weighted by molar-refractivity contribution is -0.000407. The molecule has 0 aromatic carbocycles. The molecule has 1 aliphatic heterocycles. The van der Waals surface area contributed by atoms with Gasteiger partial charge in [-0.3, -0.25) is 9.67 Å². The van der Waals surface area contributed by atoms with Gasteiger partial charge in [0, 0.05) is 44.3 Å². The molecule has 1 fully saturated rings. The van der Waals surface area contributed by atoms with Gasteiger partial charge in [-0.1, -0.05) is 0 Å². The third-order valence-corrected chi connectivity index (χ3v) is 3.84. The molecular weight excluding hydrogens is 344 g/mol. The van der Waals surface area contributed by atoms with E-state index in [0.29, 0.717) is 24.6 Å². The lowest BCUT2D eigenvalue weighted by atomic mass is 10.2. The fourth-order valence-electron chi connectivity index (χ4n) is 2.64. The van der Waals surface area contributed by atoms with Crippen LogP contribution in [0, 0.1) is 0 Å². The minimum atomic E-state index is 0. The van der Waals surface area contributed by atoms with Crippen molar-refractivity contribution in [1.29, 1.82) is 0 Å². The Balaban J connectivity index is 0.00000182. The average Bonchev–Trinajstić information content (AvgIpc) is 3.07. The van der Waals surface area contributed by atoms with E-state index in [2.05, 4.69) is 25.4 Å². The molecule has 0 amide bonds. The first kappa shape index (κ1) is 17.5. The fourth-order valence-corrected chi connectivity index (χ4v) is 2.64. The number of morpholine rings is 1. The van der Waals surface area contributed by atoms with Gasteiger partial charge >= 0.3 is 0 Å². The summed E-state index contributed by atoms with van der Waals surface area (Å²) in [7, 11) is 1.87. The Morgan fingerprint density at radius 3 is 3.00 bits per heavy atom. The van der Waals surface area contributed by atoms with Crippen LogP contribution in [0.25, 0.3) is 22.3 Å². The summed E-state index contributed by atoms with van der Waals surface area (Å²) in [5.41, 5.74) is 3.05. The van der Waals surface area contributed by atoms with E-state index in [1.165, 1.54) is 0 Å². The topological polar surface area (TPSA) is 87.0 Å². The highest BCUT2D eigenvalue weighted by Gasteiger charge is 2.17. The highest BCUT2D eigenvalue weighted by molar-refractivity contribution is 5.85. The van der Waals surface area contributed by atoms with Crippen LogP contribution in [0.1, 0.15) is 0 Å². The van der Waals surface area contributed by atoms with E-state index in [1.54, 1.807) is 23.3 Å². The van der Waals surface area contributed by atoms with Crippen LogP contribution in [0.2, 0.25) is 0 Å². The zero-order chi connectivity index (χ0) is 16.4. The Hall–Kier alpha value is -2.29. The van der Waals surface area contributed by atoms with E-state index in [9.17, 15) is 0 Å². The molecule has 132 valence electrons. The van der Waals surface area contributed by atoms with Crippen molar-refractivity contribution in [3.05, 3.63) is 30.9 Å². The van der Waals surface area contributed by atoms with Gasteiger partial charge in [0.05, 0.1) is 24.0 Å². The second-order valence-corrected chi connectivity index (χ2v) is 5.65. The highest BCUT2D eigenvalue weighted by atomic mass is 35.5. The summed E-state index contributed by atoms with van der Waals surface area (Å²) < 4.78 is 13.3. The molecule has 0 unspecified atom stereocenters. The third-order valence-electron chi connectivity index (χ3n) is 3.84. The molecule has 3 aromatic rings. The molecule has 8 nitrogen and oxygen atoms in total. The Kier molecular flexibility index (Phi) is 5.42. The molecule has 1 aliphatic rings. The minimum Gasteiger partial charge on any atom is -0.473 e. The molecule has 3 aromatic heterocycles. The van der Waals surface area contributed by atoms with Crippen molar-refractivity contribution in [1.82, 2.24) is 30.0 Å². The highest BCUT2D eigenvalue weighted by Crippen LogP contribution is 2.26. The minimum absolute atomic E-state index is 0. The van der Waals surface area contributed by atoms with E-state index >= 15 is 0 Å². The van der Waals surface area contributed by atoms with Gasteiger partial charge in [0.1, 0.15) is 12.7 Å². The summed E-state index contributed by atoms with van der Waals surface area (Å²) in [6.45, 7) is 2.76. The number of rotatable bonds is 4. The van der Waals surface area contributed by atoms with Crippen LogP contribution >= 0.6 is 12.4 Å². The third kappa shape index (κ3) is 3.87. The zero-order valence-electron chi connectivity index (χ0n) is 13.8. The van der Waals surface area contributed by atoms with Gasteiger partial charge in [0.25, 0.3) is 0 Å². The van der Waals surface area contributed by atoms with Crippen LogP contribution in [0.3, 0.4) is 0 Å². The first-order chi connectivity index (χ1) is 11.8. The van der Waals surface area contributed by atoms with E-state index in [1.807, 2.05) is 19.3 Å². The number of hydrogen-bond acceptors (Lipinski definition) is 7. The van der Waals surface area contributed by atoms with E-state index in [-0.39, 0.29) is 18.5 Å². The number of fused-ring (bicyclic) bond motifs is 1.